The molecule has 0 amide bonds. The van der Waals surface area contributed by atoms with Crippen LogP contribution in [0.1, 0.15) is 26.2 Å². The highest BCUT2D eigenvalue weighted by molar-refractivity contribution is 6.37. The fraction of sp³-hybridized carbons (Fsp3) is 0.500. The predicted octanol–water partition coefficient (Wildman–Crippen LogP) is 3.95. The third-order valence-electron chi connectivity index (χ3n) is 3.15. The van der Waals surface area contributed by atoms with Crippen LogP contribution >= 0.6 is 23.2 Å². The second-order valence-corrected chi connectivity index (χ2v) is 5.21. The molecule has 0 spiro atoms. The van der Waals surface area contributed by atoms with Crippen molar-refractivity contribution in [3.63, 3.8) is 0 Å². The first-order valence-corrected chi connectivity index (χ1v) is 6.36. The fourth-order valence-electron chi connectivity index (χ4n) is 2.32. The summed E-state index contributed by atoms with van der Waals surface area (Å²) in [6.45, 7) is 3.23. The third-order valence-corrected chi connectivity index (χ3v) is 3.65. The summed E-state index contributed by atoms with van der Waals surface area (Å²) in [6, 6.07) is 4.02. The SMILES string of the molecule is CC1CCCCN1c1c(N)cc(Cl)cc1Cl. The molecule has 1 atom stereocenters. The van der Waals surface area contributed by atoms with E-state index in [-0.39, 0.29) is 0 Å². The van der Waals surface area contributed by atoms with E-state index in [0.717, 1.165) is 12.2 Å². The van der Waals surface area contributed by atoms with Gasteiger partial charge in [-0.1, -0.05) is 23.2 Å². The van der Waals surface area contributed by atoms with E-state index in [4.69, 9.17) is 28.9 Å². The van der Waals surface area contributed by atoms with E-state index in [0.29, 0.717) is 21.8 Å². The molecule has 16 heavy (non-hydrogen) atoms. The molecule has 2 rings (SSSR count). The molecule has 2 nitrogen and oxygen atoms in total. The molecule has 4 heteroatoms. The van der Waals surface area contributed by atoms with Crippen LogP contribution in [-0.2, 0) is 0 Å². The topological polar surface area (TPSA) is 29.3 Å². The van der Waals surface area contributed by atoms with Gasteiger partial charge in [0.05, 0.1) is 16.4 Å². The summed E-state index contributed by atoms with van der Waals surface area (Å²) in [5.74, 6) is 0. The molecule has 1 aliphatic heterocycles. The van der Waals surface area contributed by atoms with Crippen molar-refractivity contribution in [3.05, 3.63) is 22.2 Å². The van der Waals surface area contributed by atoms with Crippen LogP contribution < -0.4 is 10.6 Å². The highest BCUT2D eigenvalue weighted by Crippen LogP contribution is 2.38. The van der Waals surface area contributed by atoms with Gasteiger partial charge < -0.3 is 10.6 Å². The minimum Gasteiger partial charge on any atom is -0.397 e. The van der Waals surface area contributed by atoms with Crippen molar-refractivity contribution in [2.75, 3.05) is 17.2 Å². The molecular formula is C12H16Cl2N2. The van der Waals surface area contributed by atoms with E-state index in [1.165, 1.54) is 19.3 Å². The van der Waals surface area contributed by atoms with E-state index in [2.05, 4.69) is 11.8 Å². The van der Waals surface area contributed by atoms with Gasteiger partial charge in [-0.05, 0) is 38.3 Å². The number of halogens is 2. The van der Waals surface area contributed by atoms with Gasteiger partial charge in [0.1, 0.15) is 0 Å². The Morgan fingerprint density at radius 2 is 2.06 bits per heavy atom. The smallest absolute Gasteiger partial charge is 0.0792 e. The number of hydrogen-bond acceptors (Lipinski definition) is 2. The van der Waals surface area contributed by atoms with Gasteiger partial charge in [-0.25, -0.2) is 0 Å². The van der Waals surface area contributed by atoms with Crippen molar-refractivity contribution >= 4 is 34.6 Å². The lowest BCUT2D eigenvalue weighted by Crippen LogP contribution is -2.38. The van der Waals surface area contributed by atoms with Crippen LogP contribution in [0.15, 0.2) is 12.1 Å². The Hall–Kier alpha value is -0.600. The molecule has 88 valence electrons. The van der Waals surface area contributed by atoms with Gasteiger partial charge in [-0.2, -0.15) is 0 Å². The number of benzene rings is 1. The van der Waals surface area contributed by atoms with Crippen molar-refractivity contribution in [3.8, 4) is 0 Å². The van der Waals surface area contributed by atoms with Gasteiger partial charge in [0, 0.05) is 17.6 Å². The van der Waals surface area contributed by atoms with Crippen molar-refractivity contribution in [1.82, 2.24) is 0 Å². The lowest BCUT2D eigenvalue weighted by Gasteiger charge is -2.36. The van der Waals surface area contributed by atoms with Crippen LogP contribution in [0.2, 0.25) is 10.0 Å². The lowest BCUT2D eigenvalue weighted by atomic mass is 10.0. The summed E-state index contributed by atoms with van der Waals surface area (Å²) < 4.78 is 0. The van der Waals surface area contributed by atoms with Gasteiger partial charge in [-0.3, -0.25) is 0 Å². The Morgan fingerprint density at radius 3 is 2.69 bits per heavy atom. The highest BCUT2D eigenvalue weighted by Gasteiger charge is 2.22. The molecule has 1 aromatic rings. The molecule has 1 aromatic carbocycles. The first-order chi connectivity index (χ1) is 7.59. The van der Waals surface area contributed by atoms with Crippen LogP contribution in [0.3, 0.4) is 0 Å². The monoisotopic (exact) mass is 258 g/mol. The Bertz CT molecular complexity index is 370. The highest BCUT2D eigenvalue weighted by atomic mass is 35.5. The third kappa shape index (κ3) is 2.23. The molecule has 0 aliphatic carbocycles. The fourth-order valence-corrected chi connectivity index (χ4v) is 2.94. The Labute approximate surface area is 106 Å². The molecular weight excluding hydrogens is 243 g/mol. The molecule has 0 aromatic heterocycles. The summed E-state index contributed by atoms with van der Waals surface area (Å²) in [5, 5.41) is 1.25. The van der Waals surface area contributed by atoms with Gasteiger partial charge in [0.25, 0.3) is 0 Å². The summed E-state index contributed by atoms with van der Waals surface area (Å²) in [4.78, 5) is 2.29. The summed E-state index contributed by atoms with van der Waals surface area (Å²) in [5.41, 5.74) is 7.62. The van der Waals surface area contributed by atoms with Crippen LogP contribution in [0.4, 0.5) is 11.4 Å². The minimum absolute atomic E-state index is 0.495. The Kier molecular flexibility index (Phi) is 3.50. The molecule has 1 unspecified atom stereocenters. The van der Waals surface area contributed by atoms with Gasteiger partial charge in [0.2, 0.25) is 0 Å². The average molecular weight is 259 g/mol. The summed E-state index contributed by atoms with van der Waals surface area (Å²) in [6.07, 6.45) is 3.67. The molecule has 0 radical (unpaired) electrons. The van der Waals surface area contributed by atoms with Gasteiger partial charge >= 0.3 is 0 Å². The number of nitrogen functional groups attached to an aromatic ring is 1. The first-order valence-electron chi connectivity index (χ1n) is 5.60. The largest absolute Gasteiger partial charge is 0.397 e. The Balaban J connectivity index is 2.38. The van der Waals surface area contributed by atoms with E-state index < -0.39 is 0 Å². The minimum atomic E-state index is 0.495. The number of piperidine rings is 1. The second-order valence-electron chi connectivity index (χ2n) is 4.36. The molecule has 1 saturated heterocycles. The number of nitrogens with zero attached hydrogens (tertiary/aromatic N) is 1. The quantitative estimate of drug-likeness (QED) is 0.773. The second kappa shape index (κ2) is 4.72. The maximum atomic E-state index is 6.23. The molecule has 2 N–H and O–H groups in total. The lowest BCUT2D eigenvalue weighted by molar-refractivity contribution is 0.485. The zero-order valence-electron chi connectivity index (χ0n) is 9.34. The van der Waals surface area contributed by atoms with E-state index in [9.17, 15) is 0 Å². The average Bonchev–Trinajstić information content (AvgIpc) is 2.19. The molecule has 1 fully saturated rings. The summed E-state index contributed by atoms with van der Waals surface area (Å²) >= 11 is 12.1. The maximum Gasteiger partial charge on any atom is 0.0792 e. The standard InChI is InChI=1S/C12H16Cl2N2/c1-8-4-2-3-5-16(8)12-10(14)6-9(13)7-11(12)15/h6-8H,2-5,15H2,1H3. The van der Waals surface area contributed by atoms with Crippen molar-refractivity contribution in [1.29, 1.82) is 0 Å². The zero-order valence-corrected chi connectivity index (χ0v) is 10.9. The number of nitrogens with two attached hydrogens (primary N) is 1. The van der Waals surface area contributed by atoms with Crippen LogP contribution in [0.25, 0.3) is 0 Å². The van der Waals surface area contributed by atoms with Gasteiger partial charge in [0.15, 0.2) is 0 Å². The normalized spacial score (nSPS) is 21.2. The number of rotatable bonds is 1. The van der Waals surface area contributed by atoms with E-state index in [1.807, 2.05) is 0 Å². The number of anilines is 2. The molecule has 0 saturated carbocycles. The Morgan fingerprint density at radius 1 is 1.31 bits per heavy atom. The van der Waals surface area contributed by atoms with Crippen LogP contribution in [0.5, 0.6) is 0 Å². The molecule has 1 heterocycles. The first kappa shape index (κ1) is 11.9. The molecule has 1 aliphatic rings. The zero-order chi connectivity index (χ0) is 11.7. The van der Waals surface area contributed by atoms with Gasteiger partial charge in [-0.15, -0.1) is 0 Å². The van der Waals surface area contributed by atoms with Crippen LogP contribution in [-0.4, -0.2) is 12.6 Å². The van der Waals surface area contributed by atoms with Crippen LogP contribution in [0, 0.1) is 0 Å². The summed E-state index contributed by atoms with van der Waals surface area (Å²) in [7, 11) is 0. The van der Waals surface area contributed by atoms with Crippen molar-refractivity contribution in [2.45, 2.75) is 32.2 Å². The van der Waals surface area contributed by atoms with Crippen molar-refractivity contribution < 1.29 is 0 Å². The molecule has 0 bridgehead atoms. The maximum absolute atomic E-state index is 6.23. The van der Waals surface area contributed by atoms with E-state index >= 15 is 0 Å². The number of hydrogen-bond donors (Lipinski definition) is 1. The van der Waals surface area contributed by atoms with E-state index in [1.54, 1.807) is 12.1 Å². The predicted molar refractivity (Wildman–Crippen MR) is 71.5 cm³/mol. The van der Waals surface area contributed by atoms with Crippen molar-refractivity contribution in [2.24, 2.45) is 0 Å².